The van der Waals surface area contributed by atoms with Gasteiger partial charge in [0.2, 0.25) is 5.91 Å². The molecule has 0 bridgehead atoms. The van der Waals surface area contributed by atoms with Gasteiger partial charge in [0.05, 0.1) is 19.3 Å². The van der Waals surface area contributed by atoms with Gasteiger partial charge in [-0.1, -0.05) is 18.2 Å². The topological polar surface area (TPSA) is 70.8 Å². The average Bonchev–Trinajstić information content (AvgIpc) is 3.50. The van der Waals surface area contributed by atoms with Crippen molar-refractivity contribution in [2.24, 2.45) is 5.92 Å². The Morgan fingerprint density at radius 3 is 2.68 bits per heavy atom. The molecule has 1 aromatic carbocycles. The number of para-hydroxylation sites is 2. The van der Waals surface area contributed by atoms with Crippen LogP contribution in [0.3, 0.4) is 0 Å². The largest absolute Gasteiger partial charge is 0.423 e. The summed E-state index contributed by atoms with van der Waals surface area (Å²) in [5, 5.41) is 5.35. The van der Waals surface area contributed by atoms with Gasteiger partial charge in [-0.15, -0.1) is 11.3 Å². The molecule has 4 heterocycles. The van der Waals surface area contributed by atoms with E-state index in [-0.39, 0.29) is 17.9 Å². The third-order valence-electron chi connectivity index (χ3n) is 6.25. The quantitative estimate of drug-likeness (QED) is 0.634. The number of benzene rings is 1. The van der Waals surface area contributed by atoms with E-state index < -0.39 is 0 Å². The number of morpholine rings is 1. The van der Waals surface area contributed by atoms with E-state index in [1.165, 1.54) is 4.88 Å². The molecule has 31 heavy (non-hydrogen) atoms. The fraction of sp³-hybridized carbons (Fsp3) is 0.478. The monoisotopic (exact) mass is 440 g/mol. The van der Waals surface area contributed by atoms with Crippen LogP contribution in [0, 0.1) is 5.92 Å². The van der Waals surface area contributed by atoms with Crippen molar-refractivity contribution in [3.05, 3.63) is 46.7 Å². The maximum Gasteiger partial charge on any atom is 0.298 e. The normalized spacial score (nSPS) is 19.5. The van der Waals surface area contributed by atoms with E-state index in [1.807, 2.05) is 24.3 Å². The Hall–Kier alpha value is -2.42. The molecule has 0 spiro atoms. The van der Waals surface area contributed by atoms with E-state index in [4.69, 9.17) is 9.15 Å². The summed E-state index contributed by atoms with van der Waals surface area (Å²) in [5.41, 5.74) is 1.68. The van der Waals surface area contributed by atoms with Gasteiger partial charge >= 0.3 is 0 Å². The van der Waals surface area contributed by atoms with Crippen molar-refractivity contribution in [2.45, 2.75) is 18.9 Å². The molecule has 0 saturated carbocycles. The zero-order valence-corrected chi connectivity index (χ0v) is 18.4. The average molecular weight is 441 g/mol. The number of anilines is 1. The number of hydrogen-bond acceptors (Lipinski definition) is 7. The number of aromatic nitrogens is 1. The van der Waals surface area contributed by atoms with Gasteiger partial charge < -0.3 is 19.4 Å². The van der Waals surface area contributed by atoms with Crippen LogP contribution < -0.4 is 10.2 Å². The molecule has 1 atom stereocenters. The number of nitrogens with one attached hydrogen (secondary N) is 1. The van der Waals surface area contributed by atoms with Crippen LogP contribution in [0.25, 0.3) is 11.1 Å². The number of carbonyl (C=O) groups excluding carboxylic acids is 1. The van der Waals surface area contributed by atoms with E-state index in [9.17, 15) is 4.79 Å². The van der Waals surface area contributed by atoms with Crippen LogP contribution in [0.5, 0.6) is 0 Å². The number of ether oxygens (including phenoxy) is 1. The van der Waals surface area contributed by atoms with Gasteiger partial charge in [0.25, 0.3) is 6.01 Å². The van der Waals surface area contributed by atoms with Crippen molar-refractivity contribution in [1.82, 2.24) is 15.2 Å². The third kappa shape index (κ3) is 4.61. The predicted octanol–water partition coefficient (Wildman–Crippen LogP) is 3.30. The number of oxazole rings is 1. The molecule has 2 aliphatic heterocycles. The third-order valence-corrected chi connectivity index (χ3v) is 7.22. The Balaban J connectivity index is 1.16. The van der Waals surface area contributed by atoms with Crippen molar-refractivity contribution in [1.29, 1.82) is 0 Å². The summed E-state index contributed by atoms with van der Waals surface area (Å²) in [7, 11) is 0. The SMILES string of the molecule is O=C(NCC(c1cccs1)N1CCOCC1)C1CCN(c2nc3ccccc3o2)CC1. The Bertz CT molecular complexity index is 958. The summed E-state index contributed by atoms with van der Waals surface area (Å²) in [6, 6.07) is 12.9. The second-order valence-electron chi connectivity index (χ2n) is 8.15. The fourth-order valence-corrected chi connectivity index (χ4v) is 5.31. The van der Waals surface area contributed by atoms with Crippen molar-refractivity contribution in [2.75, 3.05) is 50.8 Å². The molecule has 1 unspecified atom stereocenters. The van der Waals surface area contributed by atoms with Gasteiger partial charge in [-0.25, -0.2) is 0 Å². The molecule has 2 fully saturated rings. The fourth-order valence-electron chi connectivity index (χ4n) is 4.45. The second-order valence-corrected chi connectivity index (χ2v) is 9.13. The minimum Gasteiger partial charge on any atom is -0.423 e. The lowest BCUT2D eigenvalue weighted by atomic mass is 9.96. The minimum absolute atomic E-state index is 0.0364. The van der Waals surface area contributed by atoms with Crippen LogP contribution in [0.1, 0.15) is 23.8 Å². The lowest BCUT2D eigenvalue weighted by Crippen LogP contribution is -2.46. The minimum atomic E-state index is 0.0364. The zero-order chi connectivity index (χ0) is 21.0. The molecular weight excluding hydrogens is 412 g/mol. The van der Waals surface area contributed by atoms with Crippen LogP contribution in [0.2, 0.25) is 0 Å². The number of rotatable bonds is 6. The highest BCUT2D eigenvalue weighted by atomic mass is 32.1. The van der Waals surface area contributed by atoms with Crippen molar-refractivity contribution < 1.29 is 13.9 Å². The van der Waals surface area contributed by atoms with Crippen molar-refractivity contribution in [3.8, 4) is 0 Å². The molecule has 1 amide bonds. The smallest absolute Gasteiger partial charge is 0.298 e. The summed E-state index contributed by atoms with van der Waals surface area (Å²) in [4.78, 5) is 23.4. The first kappa shape index (κ1) is 20.5. The standard InChI is InChI=1S/C23H28N4O3S/c28-22(24-16-19(21-6-3-15-31-21)26-11-13-29-14-12-26)17-7-9-27(10-8-17)23-25-18-4-1-2-5-20(18)30-23/h1-6,15,17,19H,7-14,16H2,(H,24,28). The molecule has 1 N–H and O–H groups in total. The molecule has 5 rings (SSSR count). The van der Waals surface area contributed by atoms with Crippen molar-refractivity contribution >= 4 is 34.4 Å². The molecule has 2 aliphatic rings. The molecule has 0 aliphatic carbocycles. The first-order valence-corrected chi connectivity index (χ1v) is 11.9. The number of carbonyl (C=O) groups is 1. The maximum absolute atomic E-state index is 12.9. The predicted molar refractivity (Wildman–Crippen MR) is 121 cm³/mol. The van der Waals surface area contributed by atoms with Gasteiger partial charge in [-0.2, -0.15) is 4.98 Å². The van der Waals surface area contributed by atoms with E-state index in [1.54, 1.807) is 11.3 Å². The molecule has 2 aromatic heterocycles. The molecule has 8 heteroatoms. The van der Waals surface area contributed by atoms with Gasteiger partial charge in [-0.05, 0) is 36.4 Å². The first-order chi connectivity index (χ1) is 15.3. The van der Waals surface area contributed by atoms with Crippen LogP contribution in [0.4, 0.5) is 6.01 Å². The van der Waals surface area contributed by atoms with Crippen LogP contribution in [-0.4, -0.2) is 61.7 Å². The van der Waals surface area contributed by atoms with E-state index in [0.29, 0.717) is 12.6 Å². The maximum atomic E-state index is 12.9. The number of piperidine rings is 1. The van der Waals surface area contributed by atoms with Crippen LogP contribution >= 0.6 is 11.3 Å². The summed E-state index contributed by atoms with van der Waals surface area (Å²) in [6.45, 7) is 5.52. The molecule has 0 radical (unpaired) electrons. The van der Waals surface area contributed by atoms with E-state index in [0.717, 1.165) is 63.3 Å². The molecule has 2 saturated heterocycles. The Morgan fingerprint density at radius 1 is 1.13 bits per heavy atom. The van der Waals surface area contributed by atoms with Crippen molar-refractivity contribution in [3.63, 3.8) is 0 Å². The van der Waals surface area contributed by atoms with E-state index >= 15 is 0 Å². The Kier molecular flexibility index (Phi) is 6.20. The highest BCUT2D eigenvalue weighted by Gasteiger charge is 2.29. The molecule has 164 valence electrons. The van der Waals surface area contributed by atoms with Gasteiger partial charge in [0.15, 0.2) is 5.58 Å². The first-order valence-electron chi connectivity index (χ1n) is 11.0. The van der Waals surface area contributed by atoms with Crippen LogP contribution in [-0.2, 0) is 9.53 Å². The lowest BCUT2D eigenvalue weighted by Gasteiger charge is -2.35. The highest BCUT2D eigenvalue weighted by Crippen LogP contribution is 2.28. The number of nitrogens with zero attached hydrogens (tertiary/aromatic N) is 3. The lowest BCUT2D eigenvalue weighted by molar-refractivity contribution is -0.126. The number of amides is 1. The molecule has 3 aromatic rings. The number of hydrogen-bond donors (Lipinski definition) is 1. The van der Waals surface area contributed by atoms with E-state index in [2.05, 4.69) is 37.6 Å². The molecule has 7 nitrogen and oxygen atoms in total. The van der Waals surface area contributed by atoms with Gasteiger partial charge in [0, 0.05) is 43.5 Å². The Labute approximate surface area is 186 Å². The summed E-state index contributed by atoms with van der Waals surface area (Å²) in [6.07, 6.45) is 1.62. The Morgan fingerprint density at radius 2 is 1.94 bits per heavy atom. The van der Waals surface area contributed by atoms with Crippen LogP contribution in [0.15, 0.2) is 46.2 Å². The highest BCUT2D eigenvalue weighted by molar-refractivity contribution is 7.10. The summed E-state index contributed by atoms with van der Waals surface area (Å²) < 4.78 is 11.4. The molecular formula is C23H28N4O3S. The number of thiophene rings is 1. The zero-order valence-electron chi connectivity index (χ0n) is 17.5. The van der Waals surface area contributed by atoms with Gasteiger partial charge in [-0.3, -0.25) is 9.69 Å². The number of fused-ring (bicyclic) bond motifs is 1. The summed E-state index contributed by atoms with van der Waals surface area (Å²) >= 11 is 1.75. The summed E-state index contributed by atoms with van der Waals surface area (Å²) in [5.74, 6) is 0.196. The second kappa shape index (κ2) is 9.38. The van der Waals surface area contributed by atoms with Gasteiger partial charge in [0.1, 0.15) is 5.52 Å².